The average Bonchev–Trinajstić information content (AvgIpc) is 3.26. The van der Waals surface area contributed by atoms with E-state index in [1.807, 2.05) is 6.07 Å². The van der Waals surface area contributed by atoms with E-state index in [0.29, 0.717) is 40.8 Å². The highest BCUT2D eigenvalue weighted by Gasteiger charge is 2.38. The highest BCUT2D eigenvalue weighted by atomic mass is 16.5. The van der Waals surface area contributed by atoms with E-state index in [1.54, 1.807) is 12.1 Å². The average molecular weight is 452 g/mol. The predicted octanol–water partition coefficient (Wildman–Crippen LogP) is 2.60. The molecule has 2 aliphatic heterocycles. The standard InChI is InChI=1S/C25H29N3O5/c1-31-22-11-18-20(12-23(22)32-2)26-25(30)28(24(18)29)10-6-5-9-27-13-16-15-33-21-8-4-3-7-17(21)19(16)14-27/h3-4,7-8,11-12,16,19H,5-6,9-10,13-15H2,1-2H3,(H,26,30)/t16-,19-/m1/s1. The van der Waals surface area contributed by atoms with Crippen molar-refractivity contribution < 1.29 is 14.2 Å². The van der Waals surface area contributed by atoms with Crippen LogP contribution in [0, 0.1) is 5.92 Å². The van der Waals surface area contributed by atoms with Gasteiger partial charge in [0.2, 0.25) is 0 Å². The van der Waals surface area contributed by atoms with Gasteiger partial charge in [0.05, 0.1) is 31.7 Å². The summed E-state index contributed by atoms with van der Waals surface area (Å²) in [6, 6.07) is 11.6. The number of aromatic nitrogens is 2. The molecular formula is C25H29N3O5. The summed E-state index contributed by atoms with van der Waals surface area (Å²) in [6.07, 6.45) is 1.67. The fourth-order valence-electron chi connectivity index (χ4n) is 5.17. The monoisotopic (exact) mass is 451 g/mol. The summed E-state index contributed by atoms with van der Waals surface area (Å²) in [7, 11) is 3.04. The maximum absolute atomic E-state index is 13.0. The van der Waals surface area contributed by atoms with Crippen molar-refractivity contribution in [2.45, 2.75) is 25.3 Å². The van der Waals surface area contributed by atoms with Gasteiger partial charge >= 0.3 is 5.69 Å². The van der Waals surface area contributed by atoms with Gasteiger partial charge in [-0.3, -0.25) is 9.36 Å². The molecule has 1 saturated heterocycles. The lowest BCUT2D eigenvalue weighted by atomic mass is 9.87. The molecule has 1 N–H and O–H groups in total. The van der Waals surface area contributed by atoms with Crippen molar-refractivity contribution in [1.82, 2.24) is 14.5 Å². The van der Waals surface area contributed by atoms with E-state index in [9.17, 15) is 9.59 Å². The number of para-hydroxylation sites is 1. The molecule has 0 aliphatic carbocycles. The predicted molar refractivity (Wildman–Crippen MR) is 126 cm³/mol. The van der Waals surface area contributed by atoms with Crippen LogP contribution in [0.15, 0.2) is 46.0 Å². The zero-order chi connectivity index (χ0) is 22.9. The topological polar surface area (TPSA) is 85.8 Å². The van der Waals surface area contributed by atoms with Crippen LogP contribution < -0.4 is 25.5 Å². The van der Waals surface area contributed by atoms with Gasteiger partial charge in [-0.1, -0.05) is 18.2 Å². The van der Waals surface area contributed by atoms with Gasteiger partial charge in [-0.25, -0.2) is 4.79 Å². The first-order chi connectivity index (χ1) is 16.1. The van der Waals surface area contributed by atoms with Gasteiger partial charge in [0, 0.05) is 37.5 Å². The third-order valence-corrected chi connectivity index (χ3v) is 6.88. The Morgan fingerprint density at radius 2 is 1.79 bits per heavy atom. The molecule has 0 saturated carbocycles. The fourth-order valence-corrected chi connectivity index (χ4v) is 5.17. The number of hydrogen-bond acceptors (Lipinski definition) is 6. The van der Waals surface area contributed by atoms with Crippen molar-refractivity contribution in [3.8, 4) is 17.2 Å². The molecule has 1 fully saturated rings. The molecular weight excluding hydrogens is 422 g/mol. The van der Waals surface area contributed by atoms with Gasteiger partial charge in [0.15, 0.2) is 11.5 Å². The molecule has 174 valence electrons. The Kier molecular flexibility index (Phi) is 5.85. The molecule has 8 nitrogen and oxygen atoms in total. The van der Waals surface area contributed by atoms with Crippen LogP contribution >= 0.6 is 0 Å². The Labute approximate surface area is 191 Å². The molecule has 0 unspecified atom stereocenters. The summed E-state index contributed by atoms with van der Waals surface area (Å²) in [5.41, 5.74) is 1.05. The lowest BCUT2D eigenvalue weighted by molar-refractivity contribution is 0.212. The summed E-state index contributed by atoms with van der Waals surface area (Å²) in [6.45, 7) is 4.15. The Balaban J connectivity index is 1.23. The second kappa shape index (κ2) is 8.94. The number of methoxy groups -OCH3 is 2. The number of nitrogens with zero attached hydrogens (tertiary/aromatic N) is 2. The van der Waals surface area contributed by atoms with Crippen LogP contribution in [-0.4, -0.2) is 54.9 Å². The van der Waals surface area contributed by atoms with Crippen molar-refractivity contribution in [1.29, 1.82) is 0 Å². The second-order valence-electron chi connectivity index (χ2n) is 8.82. The largest absolute Gasteiger partial charge is 0.493 e. The molecule has 1 aromatic heterocycles. The first-order valence-electron chi connectivity index (χ1n) is 11.4. The minimum Gasteiger partial charge on any atom is -0.493 e. The number of H-pyrrole nitrogens is 1. The molecule has 0 radical (unpaired) electrons. The zero-order valence-electron chi connectivity index (χ0n) is 19.0. The van der Waals surface area contributed by atoms with Gasteiger partial charge in [-0.15, -0.1) is 0 Å². The van der Waals surface area contributed by atoms with Crippen LogP contribution in [-0.2, 0) is 6.54 Å². The summed E-state index contributed by atoms with van der Waals surface area (Å²) >= 11 is 0. The molecule has 5 rings (SSSR count). The molecule has 0 bridgehead atoms. The van der Waals surface area contributed by atoms with Crippen molar-refractivity contribution in [2.24, 2.45) is 5.92 Å². The molecule has 3 heterocycles. The fraction of sp³-hybridized carbons (Fsp3) is 0.440. The molecule has 0 spiro atoms. The number of aromatic amines is 1. The van der Waals surface area contributed by atoms with Gasteiger partial charge in [-0.2, -0.15) is 0 Å². The van der Waals surface area contributed by atoms with E-state index in [0.717, 1.165) is 44.8 Å². The number of benzene rings is 2. The van der Waals surface area contributed by atoms with Crippen molar-refractivity contribution in [3.63, 3.8) is 0 Å². The number of rotatable bonds is 7. The van der Waals surface area contributed by atoms with Crippen molar-refractivity contribution in [2.75, 3.05) is 40.5 Å². The van der Waals surface area contributed by atoms with Crippen LogP contribution in [0.25, 0.3) is 10.9 Å². The normalized spacial score (nSPS) is 19.7. The summed E-state index contributed by atoms with van der Waals surface area (Å²) in [4.78, 5) is 30.8. The SMILES string of the molecule is COc1cc2[nH]c(=O)n(CCCCN3C[C@@H]4COc5ccccc5[C@@H]4C3)c(=O)c2cc1OC. The van der Waals surface area contributed by atoms with Gasteiger partial charge in [-0.05, 0) is 37.1 Å². The van der Waals surface area contributed by atoms with Crippen LogP contribution in [0.3, 0.4) is 0 Å². The lowest BCUT2D eigenvalue weighted by Crippen LogP contribution is -2.35. The third kappa shape index (κ3) is 3.99. The van der Waals surface area contributed by atoms with Crippen molar-refractivity contribution in [3.05, 3.63) is 62.8 Å². The van der Waals surface area contributed by atoms with Gasteiger partial charge < -0.3 is 24.1 Å². The number of fused-ring (bicyclic) bond motifs is 4. The summed E-state index contributed by atoms with van der Waals surface area (Å²) in [5, 5.41) is 0.412. The molecule has 2 aromatic carbocycles. The molecule has 3 aromatic rings. The zero-order valence-corrected chi connectivity index (χ0v) is 19.0. The van der Waals surface area contributed by atoms with Gasteiger partial charge in [0.25, 0.3) is 5.56 Å². The smallest absolute Gasteiger partial charge is 0.328 e. The van der Waals surface area contributed by atoms with Crippen molar-refractivity contribution >= 4 is 10.9 Å². The van der Waals surface area contributed by atoms with Gasteiger partial charge in [0.1, 0.15) is 5.75 Å². The number of hydrogen-bond donors (Lipinski definition) is 1. The molecule has 2 aliphatic rings. The lowest BCUT2D eigenvalue weighted by Gasteiger charge is -2.27. The first kappa shape index (κ1) is 21.6. The number of ether oxygens (including phenoxy) is 3. The highest BCUT2D eigenvalue weighted by molar-refractivity contribution is 5.81. The number of unbranched alkanes of at least 4 members (excludes halogenated alkanes) is 1. The van der Waals surface area contributed by atoms with Crippen LogP contribution in [0.5, 0.6) is 17.2 Å². The second-order valence-corrected chi connectivity index (χ2v) is 8.82. The van der Waals surface area contributed by atoms with E-state index >= 15 is 0 Å². The minimum atomic E-state index is -0.402. The molecule has 33 heavy (non-hydrogen) atoms. The maximum Gasteiger partial charge on any atom is 0.328 e. The molecule has 8 heteroatoms. The van der Waals surface area contributed by atoms with E-state index in [4.69, 9.17) is 14.2 Å². The highest BCUT2D eigenvalue weighted by Crippen LogP contribution is 2.41. The van der Waals surface area contributed by atoms with Crippen LogP contribution in [0.4, 0.5) is 0 Å². The molecule has 0 amide bonds. The maximum atomic E-state index is 13.0. The quantitative estimate of drug-likeness (QED) is 0.556. The third-order valence-electron chi connectivity index (χ3n) is 6.88. The van der Waals surface area contributed by atoms with E-state index < -0.39 is 5.69 Å². The number of nitrogens with one attached hydrogen (secondary N) is 1. The number of likely N-dealkylation sites (tertiary alicyclic amines) is 1. The Hall–Kier alpha value is -3.26. The Morgan fingerprint density at radius 3 is 2.61 bits per heavy atom. The van der Waals surface area contributed by atoms with E-state index in [-0.39, 0.29) is 5.56 Å². The summed E-state index contributed by atoms with van der Waals surface area (Å²) in [5.74, 6) is 2.99. The molecule has 2 atom stereocenters. The Bertz CT molecular complexity index is 1280. The van der Waals surface area contributed by atoms with E-state index in [2.05, 4.69) is 28.1 Å². The van der Waals surface area contributed by atoms with Crippen LogP contribution in [0.1, 0.15) is 24.3 Å². The summed E-state index contributed by atoms with van der Waals surface area (Å²) < 4.78 is 17.8. The first-order valence-corrected chi connectivity index (χ1v) is 11.4. The minimum absolute atomic E-state index is 0.310. The Morgan fingerprint density at radius 1 is 1.03 bits per heavy atom. The van der Waals surface area contributed by atoms with Crippen LogP contribution in [0.2, 0.25) is 0 Å². The van der Waals surface area contributed by atoms with E-state index in [1.165, 1.54) is 24.4 Å².